The van der Waals surface area contributed by atoms with Crippen LogP contribution >= 0.6 is 11.6 Å². The molecule has 0 atom stereocenters. The van der Waals surface area contributed by atoms with Crippen LogP contribution in [-0.4, -0.2) is 18.5 Å². The first kappa shape index (κ1) is 12.3. The Morgan fingerprint density at radius 3 is 2.60 bits per heavy atom. The Balaban J connectivity index is 2.60. The molecule has 84 valence electrons. The lowest BCUT2D eigenvalue weighted by Crippen LogP contribution is -2.22. The van der Waals surface area contributed by atoms with E-state index < -0.39 is 0 Å². The minimum atomic E-state index is 0.630. The van der Waals surface area contributed by atoms with E-state index in [0.717, 1.165) is 13.1 Å². The Kier molecular flexibility index (Phi) is 4.43. The molecular formula is C12H19ClN2. The largest absolute Gasteiger partial charge is 0.398 e. The van der Waals surface area contributed by atoms with Gasteiger partial charge in [0.25, 0.3) is 0 Å². The van der Waals surface area contributed by atoms with E-state index in [-0.39, 0.29) is 0 Å². The number of rotatable bonds is 4. The van der Waals surface area contributed by atoms with Gasteiger partial charge in [0.2, 0.25) is 0 Å². The van der Waals surface area contributed by atoms with Crippen LogP contribution in [0.4, 0.5) is 5.69 Å². The van der Waals surface area contributed by atoms with E-state index in [0.29, 0.717) is 16.6 Å². The van der Waals surface area contributed by atoms with Crippen LogP contribution in [0.1, 0.15) is 19.4 Å². The molecule has 1 rings (SSSR count). The number of nitrogens with two attached hydrogens (primary N) is 1. The molecule has 0 unspecified atom stereocenters. The second-order valence-electron chi connectivity index (χ2n) is 4.45. The Morgan fingerprint density at radius 2 is 2.07 bits per heavy atom. The van der Waals surface area contributed by atoms with Gasteiger partial charge in [-0.25, -0.2) is 0 Å². The van der Waals surface area contributed by atoms with Crippen molar-refractivity contribution in [2.75, 3.05) is 19.3 Å². The van der Waals surface area contributed by atoms with Crippen molar-refractivity contribution in [3.8, 4) is 0 Å². The summed E-state index contributed by atoms with van der Waals surface area (Å²) in [6.07, 6.45) is 0. The lowest BCUT2D eigenvalue weighted by atomic mass is 10.1. The van der Waals surface area contributed by atoms with Crippen LogP contribution < -0.4 is 5.73 Å². The molecule has 0 aliphatic heterocycles. The molecule has 2 N–H and O–H groups in total. The molecule has 0 aliphatic rings. The first-order valence-electron chi connectivity index (χ1n) is 5.21. The number of benzene rings is 1. The molecular weight excluding hydrogens is 208 g/mol. The summed E-state index contributed by atoms with van der Waals surface area (Å²) in [5, 5.41) is 0.630. The highest BCUT2D eigenvalue weighted by molar-refractivity contribution is 6.33. The van der Waals surface area contributed by atoms with Crippen molar-refractivity contribution in [1.29, 1.82) is 0 Å². The Hall–Kier alpha value is -0.730. The Bertz CT molecular complexity index is 323. The molecule has 0 radical (unpaired) electrons. The van der Waals surface area contributed by atoms with E-state index in [9.17, 15) is 0 Å². The van der Waals surface area contributed by atoms with E-state index in [4.69, 9.17) is 17.3 Å². The Morgan fingerprint density at radius 1 is 1.40 bits per heavy atom. The molecule has 0 aliphatic carbocycles. The van der Waals surface area contributed by atoms with Gasteiger partial charge in [-0.1, -0.05) is 31.5 Å². The minimum Gasteiger partial charge on any atom is -0.398 e. The fourth-order valence-corrected chi connectivity index (χ4v) is 1.81. The van der Waals surface area contributed by atoms with Gasteiger partial charge in [0.1, 0.15) is 0 Å². The SMILES string of the molecule is CC(C)CN(C)Cc1ccc(Cl)c(N)c1. The third-order valence-corrected chi connectivity index (χ3v) is 2.53. The van der Waals surface area contributed by atoms with Gasteiger partial charge in [-0.15, -0.1) is 0 Å². The second kappa shape index (κ2) is 5.38. The van der Waals surface area contributed by atoms with Gasteiger partial charge < -0.3 is 10.6 Å². The van der Waals surface area contributed by atoms with Gasteiger partial charge in [-0.3, -0.25) is 0 Å². The van der Waals surface area contributed by atoms with Crippen LogP contribution in [0.5, 0.6) is 0 Å². The van der Waals surface area contributed by atoms with Crippen LogP contribution in [0.3, 0.4) is 0 Å². The molecule has 1 aromatic rings. The summed E-state index contributed by atoms with van der Waals surface area (Å²) < 4.78 is 0. The quantitative estimate of drug-likeness (QED) is 0.800. The first-order chi connectivity index (χ1) is 6.99. The number of halogens is 1. The summed E-state index contributed by atoms with van der Waals surface area (Å²) in [7, 11) is 2.12. The first-order valence-corrected chi connectivity index (χ1v) is 5.59. The monoisotopic (exact) mass is 226 g/mol. The number of hydrogen-bond donors (Lipinski definition) is 1. The highest BCUT2D eigenvalue weighted by Gasteiger charge is 2.04. The van der Waals surface area contributed by atoms with Crippen LogP contribution in [-0.2, 0) is 6.54 Å². The van der Waals surface area contributed by atoms with Gasteiger partial charge in [-0.05, 0) is 30.7 Å². The van der Waals surface area contributed by atoms with Crippen molar-refractivity contribution < 1.29 is 0 Å². The molecule has 1 aromatic carbocycles. The molecule has 0 bridgehead atoms. The summed E-state index contributed by atoms with van der Waals surface area (Å²) in [6, 6.07) is 5.82. The van der Waals surface area contributed by atoms with Crippen molar-refractivity contribution in [3.05, 3.63) is 28.8 Å². The standard InChI is InChI=1S/C12H19ClN2/c1-9(2)7-15(3)8-10-4-5-11(13)12(14)6-10/h4-6,9H,7-8,14H2,1-3H3. The number of hydrogen-bond acceptors (Lipinski definition) is 2. The third-order valence-electron chi connectivity index (χ3n) is 2.19. The smallest absolute Gasteiger partial charge is 0.0635 e. The van der Waals surface area contributed by atoms with Gasteiger partial charge in [-0.2, -0.15) is 0 Å². The zero-order chi connectivity index (χ0) is 11.4. The maximum atomic E-state index is 5.86. The molecule has 0 aromatic heterocycles. The molecule has 0 saturated heterocycles. The number of nitrogen functional groups attached to an aromatic ring is 1. The second-order valence-corrected chi connectivity index (χ2v) is 4.85. The Labute approximate surface area is 97.0 Å². The van der Waals surface area contributed by atoms with Crippen molar-refractivity contribution in [2.24, 2.45) is 5.92 Å². The van der Waals surface area contributed by atoms with Crippen molar-refractivity contribution in [2.45, 2.75) is 20.4 Å². The van der Waals surface area contributed by atoms with Crippen LogP contribution in [0.25, 0.3) is 0 Å². The van der Waals surface area contributed by atoms with Crippen molar-refractivity contribution in [1.82, 2.24) is 4.90 Å². The lowest BCUT2D eigenvalue weighted by molar-refractivity contribution is 0.288. The average molecular weight is 227 g/mol. The maximum absolute atomic E-state index is 5.86. The van der Waals surface area contributed by atoms with Gasteiger partial charge >= 0.3 is 0 Å². The van der Waals surface area contributed by atoms with Gasteiger partial charge in [0, 0.05) is 13.1 Å². The number of anilines is 1. The summed E-state index contributed by atoms with van der Waals surface area (Å²) >= 11 is 5.86. The highest BCUT2D eigenvalue weighted by Crippen LogP contribution is 2.20. The minimum absolute atomic E-state index is 0.630. The van der Waals surface area contributed by atoms with Gasteiger partial charge in [0.15, 0.2) is 0 Å². The maximum Gasteiger partial charge on any atom is 0.0635 e. The van der Waals surface area contributed by atoms with Crippen molar-refractivity contribution in [3.63, 3.8) is 0 Å². The molecule has 15 heavy (non-hydrogen) atoms. The summed E-state index contributed by atoms with van der Waals surface area (Å²) in [4.78, 5) is 2.29. The normalized spacial score (nSPS) is 11.3. The van der Waals surface area contributed by atoms with E-state index in [1.165, 1.54) is 5.56 Å². The fraction of sp³-hybridized carbons (Fsp3) is 0.500. The van der Waals surface area contributed by atoms with E-state index >= 15 is 0 Å². The van der Waals surface area contributed by atoms with Crippen LogP contribution in [0.15, 0.2) is 18.2 Å². The topological polar surface area (TPSA) is 29.3 Å². The zero-order valence-corrected chi connectivity index (χ0v) is 10.4. The zero-order valence-electron chi connectivity index (χ0n) is 9.63. The molecule has 0 saturated carbocycles. The van der Waals surface area contributed by atoms with Crippen LogP contribution in [0.2, 0.25) is 5.02 Å². The lowest BCUT2D eigenvalue weighted by Gasteiger charge is -2.19. The average Bonchev–Trinajstić information content (AvgIpc) is 2.10. The fourth-order valence-electron chi connectivity index (χ4n) is 1.69. The predicted molar refractivity (Wildman–Crippen MR) is 67.0 cm³/mol. The number of nitrogens with zero attached hydrogens (tertiary/aromatic N) is 1. The molecule has 0 heterocycles. The molecule has 0 spiro atoms. The third kappa shape index (κ3) is 4.10. The van der Waals surface area contributed by atoms with E-state index in [2.05, 4.69) is 25.8 Å². The van der Waals surface area contributed by atoms with E-state index in [1.807, 2.05) is 18.2 Å². The molecule has 2 nitrogen and oxygen atoms in total. The van der Waals surface area contributed by atoms with Crippen molar-refractivity contribution >= 4 is 17.3 Å². The summed E-state index contributed by atoms with van der Waals surface area (Å²) in [5.74, 6) is 0.680. The van der Waals surface area contributed by atoms with Gasteiger partial charge in [0.05, 0.1) is 10.7 Å². The predicted octanol–water partition coefficient (Wildman–Crippen LogP) is 3.01. The summed E-state index contributed by atoms with van der Waals surface area (Å²) in [5.41, 5.74) is 7.61. The highest BCUT2D eigenvalue weighted by atomic mass is 35.5. The van der Waals surface area contributed by atoms with E-state index in [1.54, 1.807) is 0 Å². The molecule has 0 amide bonds. The van der Waals surface area contributed by atoms with Crippen LogP contribution in [0, 0.1) is 5.92 Å². The summed E-state index contributed by atoms with van der Waals surface area (Å²) in [6.45, 7) is 6.43. The molecule has 3 heteroatoms. The molecule has 0 fully saturated rings.